The van der Waals surface area contributed by atoms with Crippen LogP contribution in [0.25, 0.3) is 0 Å². The van der Waals surface area contributed by atoms with Gasteiger partial charge in [-0.25, -0.2) is 19.7 Å². The molecule has 5 rings (SSSR count). The van der Waals surface area contributed by atoms with Gasteiger partial charge in [0.1, 0.15) is 24.2 Å². The lowest BCUT2D eigenvalue weighted by Crippen LogP contribution is -2.70. The van der Waals surface area contributed by atoms with Crippen molar-refractivity contribution in [3.63, 3.8) is 0 Å². The van der Waals surface area contributed by atoms with E-state index < -0.39 is 5.54 Å². The predicted molar refractivity (Wildman–Crippen MR) is 70.5 cm³/mol. The van der Waals surface area contributed by atoms with E-state index in [1.54, 1.807) is 4.90 Å². The van der Waals surface area contributed by atoms with Crippen LogP contribution in [0.1, 0.15) is 24.7 Å². The molecule has 4 aliphatic rings. The monoisotopic (exact) mass is 286 g/mol. The van der Waals surface area contributed by atoms with Crippen LogP contribution < -0.4 is 10.6 Å². The highest BCUT2D eigenvalue weighted by Crippen LogP contribution is 2.50. The number of nitrogens with one attached hydrogen (secondary N) is 2. The van der Waals surface area contributed by atoms with Crippen LogP contribution >= 0.6 is 0 Å². The Balaban J connectivity index is 1.59. The van der Waals surface area contributed by atoms with Crippen molar-refractivity contribution in [3.05, 3.63) is 30.8 Å². The largest absolute Gasteiger partial charge is 0.328 e. The highest BCUT2D eigenvalue weighted by Gasteiger charge is 2.61. The zero-order valence-electron chi connectivity index (χ0n) is 11.2. The lowest BCUT2D eigenvalue weighted by Gasteiger charge is -2.55. The lowest BCUT2D eigenvalue weighted by atomic mass is 9.62. The first-order chi connectivity index (χ1) is 10.1. The van der Waals surface area contributed by atoms with E-state index in [-0.39, 0.29) is 23.9 Å². The number of hydrogen-bond acceptors (Lipinski definition) is 5. The third-order valence-electron chi connectivity index (χ3n) is 4.61. The third-order valence-corrected chi connectivity index (χ3v) is 4.61. The molecule has 1 aromatic rings. The first kappa shape index (κ1) is 12.2. The fraction of sp³-hybridized carbons (Fsp3) is 0.462. The highest BCUT2D eigenvalue weighted by atomic mass is 16.2. The minimum absolute atomic E-state index is 0.138. The summed E-state index contributed by atoms with van der Waals surface area (Å²) < 4.78 is 0. The van der Waals surface area contributed by atoms with Crippen molar-refractivity contribution in [1.82, 2.24) is 30.5 Å². The fourth-order valence-corrected chi connectivity index (χ4v) is 3.38. The standard InChI is InChI=1S/C13H14N6O2/c1-7-8-2-13(3-8,11(20)17-7)19-4-9(18-12(19)21)10-15-5-14-6-16-10/h5-6,8-9H,1-4H2,(H,17,20)(H,18,21). The molecule has 0 aromatic carbocycles. The molecule has 8 heteroatoms. The van der Waals surface area contributed by atoms with E-state index in [0.29, 0.717) is 25.2 Å². The summed E-state index contributed by atoms with van der Waals surface area (Å²) >= 11 is 0. The molecule has 4 heterocycles. The zero-order valence-corrected chi connectivity index (χ0v) is 11.2. The molecular formula is C13H14N6O2. The molecule has 3 aliphatic heterocycles. The van der Waals surface area contributed by atoms with Crippen LogP contribution in [0.3, 0.4) is 0 Å². The van der Waals surface area contributed by atoms with Gasteiger partial charge in [0, 0.05) is 11.6 Å². The van der Waals surface area contributed by atoms with Crippen molar-refractivity contribution in [2.45, 2.75) is 24.4 Å². The number of piperidine rings is 2. The second-order valence-electron chi connectivity index (χ2n) is 5.73. The van der Waals surface area contributed by atoms with Crippen LogP contribution in [0.5, 0.6) is 0 Å². The molecule has 3 amide bonds. The summed E-state index contributed by atoms with van der Waals surface area (Å²) in [7, 11) is 0. The van der Waals surface area contributed by atoms with Crippen LogP contribution in [0, 0.1) is 5.92 Å². The molecule has 2 N–H and O–H groups in total. The Morgan fingerprint density at radius 3 is 2.67 bits per heavy atom. The molecule has 108 valence electrons. The molecule has 0 radical (unpaired) electrons. The molecule has 3 saturated heterocycles. The molecule has 8 nitrogen and oxygen atoms in total. The Bertz CT molecular complexity index is 639. The number of aromatic nitrogens is 3. The Labute approximate surface area is 120 Å². The van der Waals surface area contributed by atoms with Crippen LogP contribution in [0.4, 0.5) is 4.79 Å². The average molecular weight is 286 g/mol. The van der Waals surface area contributed by atoms with Gasteiger partial charge >= 0.3 is 6.03 Å². The summed E-state index contributed by atoms with van der Waals surface area (Å²) in [5.41, 5.74) is 0.0213. The Morgan fingerprint density at radius 2 is 2.00 bits per heavy atom. The van der Waals surface area contributed by atoms with E-state index in [2.05, 4.69) is 32.2 Å². The smallest absolute Gasteiger partial charge is 0.319 e. The van der Waals surface area contributed by atoms with Crippen molar-refractivity contribution in [1.29, 1.82) is 0 Å². The topological polar surface area (TPSA) is 100 Å². The minimum Gasteiger partial charge on any atom is -0.328 e. The molecular weight excluding hydrogens is 272 g/mol. The Hall–Kier alpha value is -2.51. The van der Waals surface area contributed by atoms with E-state index in [1.165, 1.54) is 12.7 Å². The molecule has 1 saturated carbocycles. The Kier molecular flexibility index (Phi) is 2.33. The molecule has 21 heavy (non-hydrogen) atoms. The van der Waals surface area contributed by atoms with E-state index >= 15 is 0 Å². The van der Waals surface area contributed by atoms with E-state index in [1.807, 2.05) is 0 Å². The molecule has 2 bridgehead atoms. The molecule has 0 spiro atoms. The maximum atomic E-state index is 12.3. The van der Waals surface area contributed by atoms with Gasteiger partial charge < -0.3 is 15.5 Å². The number of hydrogen-bond donors (Lipinski definition) is 2. The first-order valence-corrected chi connectivity index (χ1v) is 6.80. The highest BCUT2D eigenvalue weighted by molar-refractivity contribution is 5.95. The van der Waals surface area contributed by atoms with Gasteiger partial charge in [0.2, 0.25) is 5.91 Å². The second-order valence-corrected chi connectivity index (χ2v) is 5.73. The maximum absolute atomic E-state index is 12.3. The lowest BCUT2D eigenvalue weighted by molar-refractivity contribution is -0.143. The van der Waals surface area contributed by atoms with Crippen LogP contribution in [0.2, 0.25) is 0 Å². The molecule has 1 aliphatic carbocycles. The number of carbonyl (C=O) groups is 2. The zero-order chi connectivity index (χ0) is 14.6. The number of carbonyl (C=O) groups excluding carboxylic acids is 2. The molecule has 1 aromatic heterocycles. The van der Waals surface area contributed by atoms with Crippen molar-refractivity contribution >= 4 is 11.9 Å². The van der Waals surface area contributed by atoms with Crippen molar-refractivity contribution < 1.29 is 9.59 Å². The number of urea groups is 1. The summed E-state index contributed by atoms with van der Waals surface area (Å²) in [6, 6.07) is -0.562. The SMILES string of the molecule is C=C1NC(=O)C2(N3CC(c4ncncn4)NC3=O)CC1C2. The normalized spacial score (nSPS) is 34.3. The molecule has 4 fully saturated rings. The molecule has 1 unspecified atom stereocenters. The van der Waals surface area contributed by atoms with Gasteiger partial charge in [0.05, 0.1) is 6.54 Å². The van der Waals surface area contributed by atoms with Crippen molar-refractivity contribution in [2.75, 3.05) is 6.54 Å². The van der Waals surface area contributed by atoms with Crippen LogP contribution in [0.15, 0.2) is 24.9 Å². The minimum atomic E-state index is -0.738. The average Bonchev–Trinajstić information content (AvgIpc) is 2.81. The number of allylic oxidation sites excluding steroid dienone is 1. The summed E-state index contributed by atoms with van der Waals surface area (Å²) in [5, 5.41) is 5.61. The Morgan fingerprint density at radius 1 is 1.29 bits per heavy atom. The van der Waals surface area contributed by atoms with Gasteiger partial charge in [0.15, 0.2) is 5.82 Å². The van der Waals surface area contributed by atoms with Gasteiger partial charge in [-0.1, -0.05) is 6.58 Å². The quantitative estimate of drug-likeness (QED) is 0.779. The number of amides is 3. The van der Waals surface area contributed by atoms with E-state index in [0.717, 1.165) is 5.70 Å². The maximum Gasteiger partial charge on any atom is 0.319 e. The first-order valence-electron chi connectivity index (χ1n) is 6.80. The van der Waals surface area contributed by atoms with Gasteiger partial charge in [-0.15, -0.1) is 0 Å². The van der Waals surface area contributed by atoms with Gasteiger partial charge in [-0.05, 0) is 12.8 Å². The van der Waals surface area contributed by atoms with Gasteiger partial charge in [-0.2, -0.15) is 0 Å². The summed E-state index contributed by atoms with van der Waals surface area (Å²) in [4.78, 5) is 38.1. The van der Waals surface area contributed by atoms with Crippen LogP contribution in [-0.4, -0.2) is 43.9 Å². The number of fused-ring (bicyclic) bond motifs is 2. The van der Waals surface area contributed by atoms with Crippen LogP contribution in [-0.2, 0) is 4.79 Å². The van der Waals surface area contributed by atoms with Crippen molar-refractivity contribution in [2.24, 2.45) is 5.92 Å². The summed E-state index contributed by atoms with van der Waals surface area (Å²) in [6.45, 7) is 4.23. The van der Waals surface area contributed by atoms with Crippen molar-refractivity contribution in [3.8, 4) is 0 Å². The van der Waals surface area contributed by atoms with Gasteiger partial charge in [0.25, 0.3) is 0 Å². The molecule has 1 atom stereocenters. The number of rotatable bonds is 2. The van der Waals surface area contributed by atoms with Gasteiger partial charge in [-0.3, -0.25) is 4.79 Å². The third kappa shape index (κ3) is 1.58. The number of nitrogens with zero attached hydrogens (tertiary/aromatic N) is 4. The summed E-state index contributed by atoms with van der Waals surface area (Å²) in [6.07, 6.45) is 4.09. The second kappa shape index (κ2) is 4.00. The fourth-order valence-electron chi connectivity index (χ4n) is 3.38. The predicted octanol–water partition coefficient (Wildman–Crippen LogP) is -0.270. The summed E-state index contributed by atoms with van der Waals surface area (Å²) in [5.74, 6) is 0.641. The van der Waals surface area contributed by atoms with E-state index in [9.17, 15) is 9.59 Å². The van der Waals surface area contributed by atoms with E-state index in [4.69, 9.17) is 0 Å².